The second kappa shape index (κ2) is 5.75. The number of hydrogen-bond donors (Lipinski definition) is 1. The molecule has 0 bridgehead atoms. The zero-order valence-corrected chi connectivity index (χ0v) is 11.5. The van der Waals surface area contributed by atoms with Crippen molar-refractivity contribution < 1.29 is 19.0 Å². The average Bonchev–Trinajstić information content (AvgIpc) is 2.74. The molecule has 0 spiro atoms. The average molecular weight is 269 g/mol. The Morgan fingerprint density at radius 1 is 1.42 bits per heavy atom. The van der Waals surface area contributed by atoms with Crippen molar-refractivity contribution in [2.45, 2.75) is 19.1 Å². The summed E-state index contributed by atoms with van der Waals surface area (Å²) in [5, 5.41) is 9.53. The number of rotatable bonds is 4. The third kappa shape index (κ3) is 2.53. The highest BCUT2D eigenvalue weighted by atomic mass is 19.1. The highest BCUT2D eigenvalue weighted by molar-refractivity contribution is 5.53. The molecular formula is C14H20FNO3. The lowest BCUT2D eigenvalue weighted by molar-refractivity contribution is 0.0776. The van der Waals surface area contributed by atoms with Gasteiger partial charge in [0.15, 0.2) is 0 Å². The van der Waals surface area contributed by atoms with Crippen LogP contribution >= 0.6 is 0 Å². The Morgan fingerprint density at radius 2 is 2.16 bits per heavy atom. The first kappa shape index (κ1) is 14.1. The van der Waals surface area contributed by atoms with Gasteiger partial charge in [-0.05, 0) is 12.1 Å². The van der Waals surface area contributed by atoms with Crippen molar-refractivity contribution in [2.24, 2.45) is 5.92 Å². The van der Waals surface area contributed by atoms with E-state index in [0.717, 1.165) is 0 Å². The molecule has 4 nitrogen and oxygen atoms in total. The number of hydrogen-bond acceptors (Lipinski definition) is 4. The zero-order valence-electron chi connectivity index (χ0n) is 11.5. The summed E-state index contributed by atoms with van der Waals surface area (Å²) in [7, 11) is 3.15. The van der Waals surface area contributed by atoms with Gasteiger partial charge in [-0.1, -0.05) is 6.92 Å². The van der Waals surface area contributed by atoms with Gasteiger partial charge in [0, 0.05) is 25.6 Å². The fourth-order valence-electron chi connectivity index (χ4n) is 2.71. The fraction of sp³-hybridized carbons (Fsp3) is 0.571. The maximum Gasteiger partial charge on any atom is 0.150 e. The molecule has 1 aromatic carbocycles. The van der Waals surface area contributed by atoms with Crippen LogP contribution in [0.1, 0.15) is 6.92 Å². The van der Waals surface area contributed by atoms with E-state index in [1.54, 1.807) is 19.2 Å². The van der Waals surface area contributed by atoms with Crippen molar-refractivity contribution in [1.82, 2.24) is 0 Å². The van der Waals surface area contributed by atoms with E-state index in [1.807, 2.05) is 11.8 Å². The number of ether oxygens (including phenoxy) is 2. The van der Waals surface area contributed by atoms with Crippen molar-refractivity contribution in [1.29, 1.82) is 0 Å². The van der Waals surface area contributed by atoms with Crippen LogP contribution in [0.2, 0.25) is 0 Å². The molecule has 1 aliphatic heterocycles. The summed E-state index contributed by atoms with van der Waals surface area (Å²) in [5.74, 6) is 0.288. The van der Waals surface area contributed by atoms with E-state index in [1.165, 1.54) is 13.2 Å². The minimum Gasteiger partial charge on any atom is -0.497 e. The van der Waals surface area contributed by atoms with E-state index in [-0.39, 0.29) is 30.5 Å². The molecule has 0 radical (unpaired) electrons. The van der Waals surface area contributed by atoms with Crippen molar-refractivity contribution in [2.75, 3.05) is 32.3 Å². The number of aliphatic hydroxyl groups is 1. The molecule has 5 heteroatoms. The molecule has 0 unspecified atom stereocenters. The van der Waals surface area contributed by atoms with Crippen LogP contribution in [0.15, 0.2) is 18.2 Å². The third-order valence-electron chi connectivity index (χ3n) is 3.92. The number of anilines is 1. The molecule has 3 atom stereocenters. The molecule has 0 amide bonds. The van der Waals surface area contributed by atoms with Crippen LogP contribution in [0.5, 0.6) is 5.75 Å². The summed E-state index contributed by atoms with van der Waals surface area (Å²) in [5.41, 5.74) is 0.478. The summed E-state index contributed by atoms with van der Waals surface area (Å²) in [6, 6.07) is 4.63. The minimum atomic E-state index is -0.346. The van der Waals surface area contributed by atoms with E-state index >= 15 is 0 Å². The van der Waals surface area contributed by atoms with Crippen molar-refractivity contribution in [3.05, 3.63) is 24.0 Å². The first-order valence-electron chi connectivity index (χ1n) is 6.36. The Morgan fingerprint density at radius 3 is 2.68 bits per heavy atom. The maximum atomic E-state index is 14.1. The van der Waals surface area contributed by atoms with Gasteiger partial charge >= 0.3 is 0 Å². The van der Waals surface area contributed by atoms with Gasteiger partial charge in [0.05, 0.1) is 31.5 Å². The number of methoxy groups -OCH3 is 2. The first-order chi connectivity index (χ1) is 9.12. The molecule has 0 aromatic heterocycles. The molecule has 0 aliphatic carbocycles. The summed E-state index contributed by atoms with van der Waals surface area (Å²) < 4.78 is 24.5. The molecular weight excluding hydrogens is 249 g/mol. The summed E-state index contributed by atoms with van der Waals surface area (Å²) in [6.07, 6.45) is -0.00125. The van der Waals surface area contributed by atoms with Crippen LogP contribution in [-0.4, -0.2) is 44.6 Å². The van der Waals surface area contributed by atoms with E-state index in [2.05, 4.69) is 0 Å². The molecule has 2 rings (SSSR count). The van der Waals surface area contributed by atoms with Crippen LogP contribution in [0, 0.1) is 11.7 Å². The predicted octanol–water partition coefficient (Wildman–Crippen LogP) is 1.67. The number of aliphatic hydroxyl groups excluding tert-OH is 1. The predicted molar refractivity (Wildman–Crippen MR) is 71.1 cm³/mol. The topological polar surface area (TPSA) is 41.9 Å². The van der Waals surface area contributed by atoms with E-state index in [0.29, 0.717) is 18.0 Å². The minimum absolute atomic E-state index is 0.00125. The van der Waals surface area contributed by atoms with Gasteiger partial charge in [-0.15, -0.1) is 0 Å². The fourth-order valence-corrected chi connectivity index (χ4v) is 2.71. The van der Waals surface area contributed by atoms with Gasteiger partial charge < -0.3 is 19.5 Å². The lowest BCUT2D eigenvalue weighted by atomic mass is 10.0. The standard InChI is InChI=1S/C14H20FNO3/c1-9-13(8-17)16(7-14(9)19-3)12-5-4-10(18-2)6-11(12)15/h4-6,9,13-14,17H,7-8H2,1-3H3/t9-,13-,14-/m0/s1. The van der Waals surface area contributed by atoms with Gasteiger partial charge in [0.2, 0.25) is 0 Å². The second-order valence-corrected chi connectivity index (χ2v) is 4.85. The highest BCUT2D eigenvalue weighted by Gasteiger charge is 2.39. The van der Waals surface area contributed by atoms with Crippen molar-refractivity contribution in [3.8, 4) is 5.75 Å². The van der Waals surface area contributed by atoms with Crippen LogP contribution < -0.4 is 9.64 Å². The van der Waals surface area contributed by atoms with Crippen molar-refractivity contribution >= 4 is 5.69 Å². The zero-order chi connectivity index (χ0) is 14.0. The second-order valence-electron chi connectivity index (χ2n) is 4.85. The third-order valence-corrected chi connectivity index (χ3v) is 3.92. The Labute approximate surface area is 112 Å². The number of halogens is 1. The van der Waals surface area contributed by atoms with Crippen LogP contribution in [-0.2, 0) is 4.74 Å². The van der Waals surface area contributed by atoms with Crippen molar-refractivity contribution in [3.63, 3.8) is 0 Å². The molecule has 0 saturated carbocycles. The normalized spacial score (nSPS) is 26.8. The maximum absolute atomic E-state index is 14.1. The van der Waals surface area contributed by atoms with Crippen LogP contribution in [0.4, 0.5) is 10.1 Å². The molecule has 1 saturated heterocycles. The van der Waals surface area contributed by atoms with Crippen LogP contribution in [0.3, 0.4) is 0 Å². The molecule has 1 aliphatic rings. The molecule has 1 heterocycles. The summed E-state index contributed by atoms with van der Waals surface area (Å²) >= 11 is 0. The Hall–Kier alpha value is -1.33. The highest BCUT2D eigenvalue weighted by Crippen LogP contribution is 2.33. The quantitative estimate of drug-likeness (QED) is 0.903. The number of nitrogens with zero attached hydrogens (tertiary/aromatic N) is 1. The smallest absolute Gasteiger partial charge is 0.150 e. The van der Waals surface area contributed by atoms with Gasteiger partial charge in [0.1, 0.15) is 11.6 Å². The Bertz CT molecular complexity index is 441. The molecule has 1 fully saturated rings. The van der Waals surface area contributed by atoms with Gasteiger partial charge in [-0.25, -0.2) is 4.39 Å². The molecule has 19 heavy (non-hydrogen) atoms. The summed E-state index contributed by atoms with van der Waals surface area (Å²) in [6.45, 7) is 2.56. The van der Waals surface area contributed by atoms with E-state index in [4.69, 9.17) is 9.47 Å². The number of benzene rings is 1. The van der Waals surface area contributed by atoms with Crippen LogP contribution in [0.25, 0.3) is 0 Å². The monoisotopic (exact) mass is 269 g/mol. The lowest BCUT2D eigenvalue weighted by Gasteiger charge is -2.27. The van der Waals surface area contributed by atoms with Gasteiger partial charge in [-0.2, -0.15) is 0 Å². The largest absolute Gasteiger partial charge is 0.497 e. The Balaban J connectivity index is 2.30. The molecule has 1 aromatic rings. The molecule has 1 N–H and O–H groups in total. The molecule has 106 valence electrons. The van der Waals surface area contributed by atoms with Gasteiger partial charge in [-0.3, -0.25) is 0 Å². The van der Waals surface area contributed by atoms with Gasteiger partial charge in [0.25, 0.3) is 0 Å². The van der Waals surface area contributed by atoms with E-state index < -0.39 is 0 Å². The van der Waals surface area contributed by atoms with E-state index in [9.17, 15) is 9.50 Å². The first-order valence-corrected chi connectivity index (χ1v) is 6.36. The lowest BCUT2D eigenvalue weighted by Crippen LogP contribution is -2.35. The Kier molecular flexibility index (Phi) is 4.27. The summed E-state index contributed by atoms with van der Waals surface area (Å²) in [4.78, 5) is 1.87. The SMILES string of the molecule is COc1ccc(N2C[C@H](OC)[C@@H](C)[C@@H]2CO)c(F)c1.